The maximum atomic E-state index is 5.08. The van der Waals surface area contributed by atoms with Crippen molar-refractivity contribution in [2.75, 3.05) is 40.4 Å². The first-order valence-electron chi connectivity index (χ1n) is 7.14. The summed E-state index contributed by atoms with van der Waals surface area (Å²) in [5.74, 6) is 0. The molecule has 1 aliphatic carbocycles. The number of hydrogen-bond acceptors (Lipinski definition) is 4. The Morgan fingerprint density at radius 1 is 1.53 bits per heavy atom. The number of hydrogen-bond donors (Lipinski definition) is 1. The van der Waals surface area contributed by atoms with Gasteiger partial charge in [-0.15, -0.1) is 0 Å². The Kier molecular flexibility index (Phi) is 5.36. The third-order valence-corrected chi connectivity index (χ3v) is 3.94. The van der Waals surface area contributed by atoms with E-state index in [0.29, 0.717) is 6.04 Å². The first kappa shape index (κ1) is 14.5. The van der Waals surface area contributed by atoms with Gasteiger partial charge in [-0.2, -0.15) is 5.10 Å². The fourth-order valence-electron chi connectivity index (χ4n) is 2.71. The molecule has 0 saturated carbocycles. The molecule has 108 valence electrons. The maximum absolute atomic E-state index is 5.08. The molecule has 1 unspecified atom stereocenters. The zero-order chi connectivity index (χ0) is 13.7. The zero-order valence-electron chi connectivity index (χ0n) is 12.4. The molecule has 1 N–H and O–H groups in total. The lowest BCUT2D eigenvalue weighted by atomic mass is 9.93. The molecule has 0 spiro atoms. The van der Waals surface area contributed by atoms with Gasteiger partial charge in [-0.25, -0.2) is 0 Å². The Balaban J connectivity index is 1.78. The lowest BCUT2D eigenvalue weighted by Crippen LogP contribution is -2.34. The number of nitrogens with one attached hydrogen (secondary N) is 1. The van der Waals surface area contributed by atoms with Crippen molar-refractivity contribution in [3.63, 3.8) is 0 Å². The van der Waals surface area contributed by atoms with Gasteiger partial charge in [0.15, 0.2) is 0 Å². The molecule has 5 heteroatoms. The first-order valence-corrected chi connectivity index (χ1v) is 7.14. The standard InChI is InChI=1S/C14H26N4O/c1-17(9-10-19-3)8-7-15-13-5-4-6-14-12(13)11-16-18(14)2/h11,13,15H,4-10H2,1-3H3. The van der Waals surface area contributed by atoms with E-state index in [1.807, 2.05) is 17.9 Å². The van der Waals surface area contributed by atoms with E-state index in [4.69, 9.17) is 4.74 Å². The van der Waals surface area contributed by atoms with E-state index in [0.717, 1.165) is 32.7 Å². The molecule has 1 aliphatic rings. The molecule has 2 rings (SSSR count). The van der Waals surface area contributed by atoms with Gasteiger partial charge >= 0.3 is 0 Å². The summed E-state index contributed by atoms with van der Waals surface area (Å²) in [6.07, 6.45) is 5.67. The van der Waals surface area contributed by atoms with Crippen LogP contribution in [0.2, 0.25) is 0 Å². The molecule has 0 fully saturated rings. The minimum absolute atomic E-state index is 0.480. The quantitative estimate of drug-likeness (QED) is 0.798. The molecule has 5 nitrogen and oxygen atoms in total. The number of likely N-dealkylation sites (N-methyl/N-ethyl adjacent to an activating group) is 1. The zero-order valence-corrected chi connectivity index (χ0v) is 12.4. The van der Waals surface area contributed by atoms with Gasteiger partial charge in [-0.3, -0.25) is 4.68 Å². The van der Waals surface area contributed by atoms with Crippen LogP contribution in [0.15, 0.2) is 6.20 Å². The van der Waals surface area contributed by atoms with Gasteiger partial charge in [0.05, 0.1) is 12.8 Å². The highest BCUT2D eigenvalue weighted by atomic mass is 16.5. The van der Waals surface area contributed by atoms with Crippen LogP contribution in [0.1, 0.15) is 30.1 Å². The van der Waals surface area contributed by atoms with Crippen molar-refractivity contribution in [1.82, 2.24) is 20.0 Å². The summed E-state index contributed by atoms with van der Waals surface area (Å²) in [7, 11) is 5.93. The van der Waals surface area contributed by atoms with Crippen molar-refractivity contribution in [1.29, 1.82) is 0 Å². The van der Waals surface area contributed by atoms with Gasteiger partial charge in [0.2, 0.25) is 0 Å². The monoisotopic (exact) mass is 266 g/mol. The minimum Gasteiger partial charge on any atom is -0.383 e. The largest absolute Gasteiger partial charge is 0.383 e. The molecule has 1 aromatic heterocycles. The van der Waals surface area contributed by atoms with Crippen LogP contribution in [0.4, 0.5) is 0 Å². The molecule has 1 aromatic rings. The molecule has 19 heavy (non-hydrogen) atoms. The van der Waals surface area contributed by atoms with Gasteiger partial charge in [0.25, 0.3) is 0 Å². The number of aryl methyl sites for hydroxylation is 1. The number of ether oxygens (including phenoxy) is 1. The SMILES string of the molecule is COCCN(C)CCNC1CCCc2c1cnn2C. The molecular formula is C14H26N4O. The molecule has 1 heterocycles. The highest BCUT2D eigenvalue weighted by Crippen LogP contribution is 2.28. The van der Waals surface area contributed by atoms with Crippen molar-refractivity contribution in [2.45, 2.75) is 25.3 Å². The third-order valence-electron chi connectivity index (χ3n) is 3.94. The van der Waals surface area contributed by atoms with Gasteiger partial charge < -0.3 is 15.0 Å². The minimum atomic E-state index is 0.480. The fourth-order valence-corrected chi connectivity index (χ4v) is 2.71. The third kappa shape index (κ3) is 3.78. The molecule has 0 amide bonds. The Bertz CT molecular complexity index is 391. The van der Waals surface area contributed by atoms with Crippen LogP contribution in [-0.2, 0) is 18.2 Å². The lowest BCUT2D eigenvalue weighted by molar-refractivity contribution is 0.161. The Morgan fingerprint density at radius 2 is 2.37 bits per heavy atom. The Labute approximate surface area is 115 Å². The average Bonchev–Trinajstić information content (AvgIpc) is 2.79. The van der Waals surface area contributed by atoms with Gasteiger partial charge in [-0.1, -0.05) is 0 Å². The van der Waals surface area contributed by atoms with Gasteiger partial charge in [0, 0.05) is 51.1 Å². The average molecular weight is 266 g/mol. The number of rotatable bonds is 7. The van der Waals surface area contributed by atoms with Crippen LogP contribution >= 0.6 is 0 Å². The van der Waals surface area contributed by atoms with Crippen LogP contribution in [0.3, 0.4) is 0 Å². The number of fused-ring (bicyclic) bond motifs is 1. The first-order chi connectivity index (χ1) is 9.22. The van der Waals surface area contributed by atoms with Crippen LogP contribution < -0.4 is 5.32 Å². The lowest BCUT2D eigenvalue weighted by Gasteiger charge is -2.25. The van der Waals surface area contributed by atoms with Crippen molar-refractivity contribution in [3.05, 3.63) is 17.5 Å². The van der Waals surface area contributed by atoms with Crippen molar-refractivity contribution >= 4 is 0 Å². The molecule has 0 aromatic carbocycles. The summed E-state index contributed by atoms with van der Waals surface area (Å²) < 4.78 is 7.11. The summed E-state index contributed by atoms with van der Waals surface area (Å²) in [6, 6.07) is 0.480. The fraction of sp³-hybridized carbons (Fsp3) is 0.786. The van der Waals surface area contributed by atoms with Gasteiger partial charge in [0.1, 0.15) is 0 Å². The summed E-state index contributed by atoms with van der Waals surface area (Å²) in [5, 5.41) is 8.04. The predicted octanol–water partition coefficient (Wildman–Crippen LogP) is 0.965. The van der Waals surface area contributed by atoms with E-state index < -0.39 is 0 Å². The van der Waals surface area contributed by atoms with E-state index in [-0.39, 0.29) is 0 Å². The highest BCUT2D eigenvalue weighted by molar-refractivity contribution is 5.24. The van der Waals surface area contributed by atoms with Crippen LogP contribution in [0.5, 0.6) is 0 Å². The van der Waals surface area contributed by atoms with E-state index in [9.17, 15) is 0 Å². The topological polar surface area (TPSA) is 42.3 Å². The van der Waals surface area contributed by atoms with Crippen LogP contribution in [0.25, 0.3) is 0 Å². The van der Waals surface area contributed by atoms with Crippen molar-refractivity contribution < 1.29 is 4.74 Å². The number of aromatic nitrogens is 2. The summed E-state index contributed by atoms with van der Waals surface area (Å²) in [5.41, 5.74) is 2.80. The second-order valence-corrected chi connectivity index (χ2v) is 5.37. The summed E-state index contributed by atoms with van der Waals surface area (Å²) in [4.78, 5) is 2.30. The predicted molar refractivity (Wildman–Crippen MR) is 76.3 cm³/mol. The number of methoxy groups -OCH3 is 1. The molecule has 0 saturated heterocycles. The Hall–Kier alpha value is -0.910. The molecule has 0 aliphatic heterocycles. The van der Waals surface area contributed by atoms with E-state index in [1.54, 1.807) is 7.11 Å². The second kappa shape index (κ2) is 7.03. The molecule has 1 atom stereocenters. The molecule has 0 bridgehead atoms. The van der Waals surface area contributed by atoms with E-state index in [1.165, 1.54) is 24.1 Å². The van der Waals surface area contributed by atoms with Crippen LogP contribution in [-0.4, -0.2) is 55.1 Å². The number of nitrogens with zero attached hydrogens (tertiary/aromatic N) is 3. The summed E-state index contributed by atoms with van der Waals surface area (Å²) in [6.45, 7) is 3.85. The second-order valence-electron chi connectivity index (χ2n) is 5.37. The summed E-state index contributed by atoms with van der Waals surface area (Å²) >= 11 is 0. The highest BCUT2D eigenvalue weighted by Gasteiger charge is 2.22. The van der Waals surface area contributed by atoms with Gasteiger partial charge in [-0.05, 0) is 26.3 Å². The van der Waals surface area contributed by atoms with E-state index in [2.05, 4.69) is 22.4 Å². The smallest absolute Gasteiger partial charge is 0.0589 e. The molecular weight excluding hydrogens is 240 g/mol. The normalized spacial score (nSPS) is 18.8. The van der Waals surface area contributed by atoms with Crippen LogP contribution in [0, 0.1) is 0 Å². The van der Waals surface area contributed by atoms with Crippen molar-refractivity contribution in [2.24, 2.45) is 7.05 Å². The Morgan fingerprint density at radius 3 is 3.16 bits per heavy atom. The maximum Gasteiger partial charge on any atom is 0.0589 e. The molecule has 0 radical (unpaired) electrons. The van der Waals surface area contributed by atoms with Crippen molar-refractivity contribution in [3.8, 4) is 0 Å². The van der Waals surface area contributed by atoms with E-state index >= 15 is 0 Å².